The molecule has 0 aromatic heterocycles. The van der Waals surface area contributed by atoms with Gasteiger partial charge < -0.3 is 25.2 Å². The fraction of sp³-hybridized carbons (Fsp3) is 0.611. The fourth-order valence-corrected chi connectivity index (χ4v) is 3.56. The Morgan fingerprint density at radius 3 is 3.04 bits per heavy atom. The quantitative estimate of drug-likeness (QED) is 0.724. The molecule has 2 aliphatic rings. The van der Waals surface area contributed by atoms with Gasteiger partial charge in [0.2, 0.25) is 0 Å². The second kappa shape index (κ2) is 8.51. The van der Waals surface area contributed by atoms with Gasteiger partial charge in [0.25, 0.3) is 0 Å². The molecule has 0 spiro atoms. The number of benzene rings is 1. The molecule has 2 heterocycles. The van der Waals surface area contributed by atoms with E-state index in [-0.39, 0.29) is 24.8 Å². The minimum absolute atomic E-state index is 0.0897. The normalized spacial score (nSPS) is 26.1. The number of carbonyl (C=O) groups is 1. The van der Waals surface area contributed by atoms with E-state index in [0.29, 0.717) is 37.1 Å². The van der Waals surface area contributed by atoms with E-state index in [1.54, 1.807) is 0 Å². The van der Waals surface area contributed by atoms with Crippen LogP contribution in [0.4, 0.5) is 10.5 Å². The van der Waals surface area contributed by atoms with Crippen molar-refractivity contribution in [3.05, 3.63) is 24.3 Å². The van der Waals surface area contributed by atoms with Crippen molar-refractivity contribution in [2.45, 2.75) is 38.0 Å². The average Bonchev–Trinajstić information content (AvgIpc) is 2.98. The summed E-state index contributed by atoms with van der Waals surface area (Å²) in [4.78, 5) is 14.7. The molecule has 1 aromatic rings. The lowest BCUT2D eigenvalue weighted by Crippen LogP contribution is -2.46. The highest BCUT2D eigenvalue weighted by molar-refractivity contribution is 5.91. The fourth-order valence-electron chi connectivity index (χ4n) is 3.56. The van der Waals surface area contributed by atoms with Gasteiger partial charge in [0, 0.05) is 31.8 Å². The summed E-state index contributed by atoms with van der Waals surface area (Å²) in [6, 6.07) is 7.64. The Morgan fingerprint density at radius 1 is 1.40 bits per heavy atom. The Kier molecular flexibility index (Phi) is 6.12. The highest BCUT2D eigenvalue weighted by Gasteiger charge is 2.37. The number of hydrogen-bond donors (Lipinski definition) is 3. The van der Waals surface area contributed by atoms with Gasteiger partial charge in [-0.25, -0.2) is 4.79 Å². The molecule has 0 radical (unpaired) electrons. The number of urea groups is 1. The minimum Gasteiger partial charge on any atom is -0.492 e. The van der Waals surface area contributed by atoms with Gasteiger partial charge in [-0.1, -0.05) is 12.1 Å². The molecule has 3 atom stereocenters. The van der Waals surface area contributed by atoms with E-state index < -0.39 is 0 Å². The Morgan fingerprint density at radius 2 is 2.24 bits per heavy atom. The van der Waals surface area contributed by atoms with Crippen LogP contribution in [0.15, 0.2) is 24.3 Å². The first-order chi connectivity index (χ1) is 12.2. The topological polar surface area (TPSA) is 83.1 Å². The van der Waals surface area contributed by atoms with Crippen LogP contribution in [0, 0.1) is 0 Å². The van der Waals surface area contributed by atoms with Crippen LogP contribution in [0.25, 0.3) is 0 Å². The van der Waals surface area contributed by atoms with E-state index in [0.717, 1.165) is 19.5 Å². The zero-order valence-electron chi connectivity index (χ0n) is 14.6. The van der Waals surface area contributed by atoms with Gasteiger partial charge in [-0.2, -0.15) is 0 Å². The van der Waals surface area contributed by atoms with Crippen LogP contribution in [-0.2, 0) is 4.74 Å². The molecule has 138 valence electrons. The zero-order valence-corrected chi connectivity index (χ0v) is 14.6. The summed E-state index contributed by atoms with van der Waals surface area (Å²) in [5.41, 5.74) is 0.670. The summed E-state index contributed by atoms with van der Waals surface area (Å²) in [7, 11) is 0. The molecule has 3 N–H and O–H groups in total. The number of para-hydroxylation sites is 2. The average molecular weight is 349 g/mol. The number of aliphatic hydroxyl groups is 1. The van der Waals surface area contributed by atoms with E-state index in [2.05, 4.69) is 15.5 Å². The van der Waals surface area contributed by atoms with Crippen molar-refractivity contribution >= 4 is 11.7 Å². The first kappa shape index (κ1) is 18.0. The van der Waals surface area contributed by atoms with E-state index in [9.17, 15) is 4.79 Å². The molecule has 0 bridgehead atoms. The number of ether oxygens (including phenoxy) is 2. The lowest BCUT2D eigenvalue weighted by Gasteiger charge is -2.34. The second-order valence-electron chi connectivity index (χ2n) is 6.54. The molecule has 2 amide bonds. The van der Waals surface area contributed by atoms with Gasteiger partial charge in [0.15, 0.2) is 0 Å². The number of nitrogens with zero attached hydrogens (tertiary/aromatic N) is 1. The molecule has 3 rings (SSSR count). The molecule has 7 nitrogen and oxygen atoms in total. The Hall–Kier alpha value is -1.83. The number of hydrogen-bond acceptors (Lipinski definition) is 5. The van der Waals surface area contributed by atoms with Crippen LogP contribution < -0.4 is 15.4 Å². The molecule has 0 unspecified atom stereocenters. The van der Waals surface area contributed by atoms with Crippen molar-refractivity contribution in [2.75, 3.05) is 38.2 Å². The number of nitrogens with one attached hydrogen (secondary N) is 2. The van der Waals surface area contributed by atoms with Crippen LogP contribution >= 0.6 is 0 Å². The van der Waals surface area contributed by atoms with Gasteiger partial charge in [0.05, 0.1) is 25.0 Å². The predicted molar refractivity (Wildman–Crippen MR) is 95.0 cm³/mol. The van der Waals surface area contributed by atoms with Crippen molar-refractivity contribution in [1.29, 1.82) is 0 Å². The first-order valence-electron chi connectivity index (χ1n) is 8.95. The largest absolute Gasteiger partial charge is 0.492 e. The van der Waals surface area contributed by atoms with Crippen LogP contribution in [-0.4, -0.2) is 67.1 Å². The SMILES string of the molecule is CCOc1ccccc1NC(=O)N[C@H]1C[C@H]2CO[C@@H](CCO)CN2C1. The lowest BCUT2D eigenvalue weighted by molar-refractivity contribution is -0.0566. The Balaban J connectivity index is 1.51. The third-order valence-corrected chi connectivity index (χ3v) is 4.71. The van der Waals surface area contributed by atoms with Crippen molar-refractivity contribution in [2.24, 2.45) is 0 Å². The standard InChI is InChI=1S/C18H27N3O4/c1-2-24-17-6-4-3-5-16(17)20-18(23)19-13-9-14-12-25-15(7-8-22)11-21(14)10-13/h3-6,13-15,22H,2,7-12H2,1H3,(H2,19,20,23)/t13-,14-,15-/m0/s1. The molecule has 0 saturated carbocycles. The Labute approximate surface area is 148 Å². The summed E-state index contributed by atoms with van der Waals surface area (Å²) < 4.78 is 11.3. The molecule has 1 aromatic carbocycles. The molecular weight excluding hydrogens is 322 g/mol. The van der Waals surface area contributed by atoms with Crippen LogP contribution in [0.5, 0.6) is 5.75 Å². The molecular formula is C18H27N3O4. The minimum atomic E-state index is -0.218. The summed E-state index contributed by atoms with van der Waals surface area (Å²) >= 11 is 0. The van der Waals surface area contributed by atoms with Gasteiger partial charge in [0.1, 0.15) is 5.75 Å². The molecule has 25 heavy (non-hydrogen) atoms. The number of rotatable bonds is 6. The maximum atomic E-state index is 12.3. The van der Waals surface area contributed by atoms with Crippen molar-refractivity contribution in [3.63, 3.8) is 0 Å². The monoisotopic (exact) mass is 349 g/mol. The first-order valence-corrected chi connectivity index (χ1v) is 8.95. The number of fused-ring (bicyclic) bond motifs is 1. The van der Waals surface area contributed by atoms with Gasteiger partial charge in [-0.3, -0.25) is 4.90 Å². The van der Waals surface area contributed by atoms with Crippen molar-refractivity contribution in [1.82, 2.24) is 10.2 Å². The predicted octanol–water partition coefficient (Wildman–Crippen LogP) is 1.43. The van der Waals surface area contributed by atoms with E-state index in [1.165, 1.54) is 0 Å². The molecule has 2 aliphatic heterocycles. The third kappa shape index (κ3) is 4.62. The number of amides is 2. The van der Waals surface area contributed by atoms with E-state index in [4.69, 9.17) is 14.6 Å². The van der Waals surface area contributed by atoms with E-state index in [1.807, 2.05) is 31.2 Å². The summed E-state index contributed by atoms with van der Waals surface area (Å²) in [5.74, 6) is 0.671. The lowest BCUT2D eigenvalue weighted by atomic mass is 10.1. The summed E-state index contributed by atoms with van der Waals surface area (Å²) in [6.07, 6.45) is 1.63. The van der Waals surface area contributed by atoms with Crippen LogP contribution in [0.2, 0.25) is 0 Å². The van der Waals surface area contributed by atoms with Gasteiger partial charge in [-0.05, 0) is 31.9 Å². The summed E-state index contributed by atoms with van der Waals surface area (Å²) in [6.45, 7) is 4.91. The number of anilines is 1. The molecule has 7 heteroatoms. The van der Waals surface area contributed by atoms with Crippen molar-refractivity contribution < 1.29 is 19.4 Å². The van der Waals surface area contributed by atoms with E-state index >= 15 is 0 Å². The number of carbonyl (C=O) groups excluding carboxylic acids is 1. The second-order valence-corrected chi connectivity index (χ2v) is 6.54. The maximum absolute atomic E-state index is 12.3. The zero-order chi connectivity index (χ0) is 17.6. The Bertz CT molecular complexity index is 583. The molecule has 0 aliphatic carbocycles. The number of morpholine rings is 1. The van der Waals surface area contributed by atoms with Crippen molar-refractivity contribution in [3.8, 4) is 5.75 Å². The van der Waals surface area contributed by atoms with Crippen LogP contribution in [0.3, 0.4) is 0 Å². The van der Waals surface area contributed by atoms with Crippen LogP contribution in [0.1, 0.15) is 19.8 Å². The smallest absolute Gasteiger partial charge is 0.319 e. The third-order valence-electron chi connectivity index (χ3n) is 4.71. The number of aliphatic hydroxyl groups excluding tert-OH is 1. The summed E-state index contributed by atoms with van der Waals surface area (Å²) in [5, 5.41) is 15.0. The highest BCUT2D eigenvalue weighted by atomic mass is 16.5. The molecule has 2 saturated heterocycles. The van der Waals surface area contributed by atoms with Gasteiger partial charge >= 0.3 is 6.03 Å². The molecule has 2 fully saturated rings. The van der Waals surface area contributed by atoms with Gasteiger partial charge in [-0.15, -0.1) is 0 Å². The highest BCUT2D eigenvalue weighted by Crippen LogP contribution is 2.25. The maximum Gasteiger partial charge on any atom is 0.319 e.